The summed E-state index contributed by atoms with van der Waals surface area (Å²) in [6.07, 6.45) is -1.71. The molecule has 0 radical (unpaired) electrons. The quantitative estimate of drug-likeness (QED) is 0.474. The molecule has 4 N–H and O–H groups in total. The van der Waals surface area contributed by atoms with Crippen molar-refractivity contribution >= 4 is 33.2 Å². The van der Waals surface area contributed by atoms with E-state index in [1.165, 1.54) is 6.07 Å². The number of aliphatic hydroxyl groups excluding tert-OH is 1. The van der Waals surface area contributed by atoms with Gasteiger partial charge in [-0.1, -0.05) is 6.07 Å². The highest BCUT2D eigenvalue weighted by Crippen LogP contribution is 2.14. The molecule has 1 rings (SSSR count). The topological polar surface area (TPSA) is 133 Å². The van der Waals surface area contributed by atoms with Crippen molar-refractivity contribution in [2.45, 2.75) is 23.2 Å². The van der Waals surface area contributed by atoms with Crippen LogP contribution in [0, 0.1) is 0 Å². The molecule has 0 aliphatic heterocycles. The molecule has 118 valence electrons. The van der Waals surface area contributed by atoms with E-state index in [0.29, 0.717) is 0 Å². The van der Waals surface area contributed by atoms with E-state index in [4.69, 9.17) is 10.2 Å². The van der Waals surface area contributed by atoms with E-state index in [1.807, 2.05) is 0 Å². The van der Waals surface area contributed by atoms with Crippen molar-refractivity contribution in [2.75, 3.05) is 13.1 Å². The SMILES string of the molecule is O=C(CCNS(=O)(=O)c1cccs1)NCCC(O)C(=O)O. The van der Waals surface area contributed by atoms with E-state index in [1.54, 1.807) is 11.4 Å². The Morgan fingerprint density at radius 2 is 2.05 bits per heavy atom. The molecule has 1 atom stereocenters. The van der Waals surface area contributed by atoms with Gasteiger partial charge in [-0.15, -0.1) is 11.3 Å². The van der Waals surface area contributed by atoms with Crippen molar-refractivity contribution in [1.29, 1.82) is 0 Å². The molecule has 1 unspecified atom stereocenters. The number of carbonyl (C=O) groups is 2. The lowest BCUT2D eigenvalue weighted by molar-refractivity contribution is -0.147. The van der Waals surface area contributed by atoms with Crippen LogP contribution in [0.1, 0.15) is 12.8 Å². The highest BCUT2D eigenvalue weighted by Gasteiger charge is 2.15. The van der Waals surface area contributed by atoms with E-state index in [2.05, 4.69) is 10.0 Å². The predicted molar refractivity (Wildman–Crippen MR) is 75.4 cm³/mol. The van der Waals surface area contributed by atoms with E-state index in [-0.39, 0.29) is 30.1 Å². The second-order valence-electron chi connectivity index (χ2n) is 4.07. The van der Waals surface area contributed by atoms with Crippen LogP contribution in [-0.4, -0.2) is 49.7 Å². The molecule has 0 fully saturated rings. The highest BCUT2D eigenvalue weighted by atomic mass is 32.2. The fourth-order valence-corrected chi connectivity index (χ4v) is 3.42. The smallest absolute Gasteiger partial charge is 0.332 e. The predicted octanol–water partition coefficient (Wildman–Crippen LogP) is -0.632. The molecule has 0 bridgehead atoms. The van der Waals surface area contributed by atoms with Crippen LogP contribution in [0.5, 0.6) is 0 Å². The molecule has 1 amide bonds. The average molecular weight is 336 g/mol. The molecule has 1 heterocycles. The number of amides is 1. The number of carboxylic acid groups (broad SMARTS) is 1. The minimum absolute atomic E-state index is 0.00394. The monoisotopic (exact) mass is 336 g/mol. The molecule has 0 aliphatic rings. The Morgan fingerprint density at radius 3 is 2.62 bits per heavy atom. The molecule has 1 aromatic heterocycles. The molecule has 10 heteroatoms. The molecule has 21 heavy (non-hydrogen) atoms. The molecule has 0 spiro atoms. The first-order chi connectivity index (χ1) is 9.83. The van der Waals surface area contributed by atoms with Crippen molar-refractivity contribution in [1.82, 2.24) is 10.0 Å². The van der Waals surface area contributed by atoms with E-state index < -0.39 is 28.0 Å². The maximum absolute atomic E-state index is 11.7. The number of aliphatic carboxylic acids is 1. The minimum Gasteiger partial charge on any atom is -0.479 e. The van der Waals surface area contributed by atoms with Gasteiger partial charge in [-0.25, -0.2) is 17.9 Å². The first-order valence-electron chi connectivity index (χ1n) is 6.03. The van der Waals surface area contributed by atoms with E-state index >= 15 is 0 Å². The first kappa shape index (κ1) is 17.6. The number of rotatable bonds is 9. The largest absolute Gasteiger partial charge is 0.479 e. The fourth-order valence-electron chi connectivity index (χ4n) is 1.35. The Balaban J connectivity index is 2.24. The van der Waals surface area contributed by atoms with Crippen molar-refractivity contribution in [3.8, 4) is 0 Å². The van der Waals surface area contributed by atoms with E-state index in [9.17, 15) is 18.0 Å². The lowest BCUT2D eigenvalue weighted by Crippen LogP contribution is -2.33. The molecular formula is C11H16N2O6S2. The zero-order chi connectivity index (χ0) is 15.9. The molecular weight excluding hydrogens is 320 g/mol. The van der Waals surface area contributed by atoms with Crippen molar-refractivity contribution < 1.29 is 28.2 Å². The van der Waals surface area contributed by atoms with Gasteiger partial charge in [0.25, 0.3) is 0 Å². The van der Waals surface area contributed by atoms with E-state index in [0.717, 1.165) is 11.3 Å². The first-order valence-corrected chi connectivity index (χ1v) is 8.40. The maximum Gasteiger partial charge on any atom is 0.332 e. The van der Waals surface area contributed by atoms with Gasteiger partial charge in [0, 0.05) is 25.9 Å². The highest BCUT2D eigenvalue weighted by molar-refractivity contribution is 7.91. The summed E-state index contributed by atoms with van der Waals surface area (Å²) in [7, 11) is -3.59. The summed E-state index contributed by atoms with van der Waals surface area (Å²) in [5, 5.41) is 21.4. The third-order valence-electron chi connectivity index (χ3n) is 2.43. The van der Waals surface area contributed by atoms with Gasteiger partial charge < -0.3 is 15.5 Å². The van der Waals surface area contributed by atoms with Gasteiger partial charge in [0.15, 0.2) is 6.10 Å². The van der Waals surface area contributed by atoms with Crippen molar-refractivity contribution in [3.63, 3.8) is 0 Å². The third kappa shape index (κ3) is 6.21. The van der Waals surface area contributed by atoms with Gasteiger partial charge in [0.1, 0.15) is 4.21 Å². The van der Waals surface area contributed by atoms with Crippen molar-refractivity contribution in [3.05, 3.63) is 17.5 Å². The molecule has 8 nitrogen and oxygen atoms in total. The van der Waals surface area contributed by atoms with Crippen LogP contribution >= 0.6 is 11.3 Å². The zero-order valence-corrected chi connectivity index (χ0v) is 12.6. The number of carboxylic acids is 1. The van der Waals surface area contributed by atoms with Gasteiger partial charge in [-0.3, -0.25) is 4.79 Å². The lowest BCUT2D eigenvalue weighted by Gasteiger charge is -2.08. The van der Waals surface area contributed by atoms with Crippen LogP contribution in [-0.2, 0) is 19.6 Å². The van der Waals surface area contributed by atoms with Crippen LogP contribution in [0.15, 0.2) is 21.7 Å². The number of nitrogens with one attached hydrogen (secondary N) is 2. The summed E-state index contributed by atoms with van der Waals surface area (Å²) >= 11 is 1.07. The molecule has 0 saturated heterocycles. The Bertz CT molecular complexity index is 570. The number of sulfonamides is 1. The van der Waals surface area contributed by atoms with Gasteiger partial charge in [0.05, 0.1) is 0 Å². The number of carbonyl (C=O) groups excluding carboxylic acids is 1. The standard InChI is InChI=1S/C11H16N2O6S2/c14-8(11(16)17)3-5-12-9(15)4-6-13-21(18,19)10-2-1-7-20-10/h1-2,7-8,13-14H,3-6H2,(H,12,15)(H,16,17). The van der Waals surface area contributed by atoms with Crippen LogP contribution in [0.3, 0.4) is 0 Å². The Labute approximate surface area is 125 Å². The minimum atomic E-state index is -3.59. The van der Waals surface area contributed by atoms with Gasteiger partial charge >= 0.3 is 5.97 Å². The molecule has 0 aliphatic carbocycles. The van der Waals surface area contributed by atoms with Crippen molar-refractivity contribution in [2.24, 2.45) is 0 Å². The summed E-state index contributed by atoms with van der Waals surface area (Å²) in [4.78, 5) is 21.7. The second kappa shape index (κ2) is 8.08. The number of hydrogen-bond donors (Lipinski definition) is 4. The summed E-state index contributed by atoms with van der Waals surface area (Å²) in [5.41, 5.74) is 0. The maximum atomic E-state index is 11.7. The number of hydrogen-bond acceptors (Lipinski definition) is 6. The normalized spacial score (nSPS) is 12.8. The second-order valence-corrected chi connectivity index (χ2v) is 7.01. The van der Waals surface area contributed by atoms with Gasteiger partial charge in [-0.05, 0) is 11.4 Å². The van der Waals surface area contributed by atoms with Crippen LogP contribution in [0.2, 0.25) is 0 Å². The summed E-state index contributed by atoms with van der Waals surface area (Å²) in [6.45, 7) is -0.0580. The summed E-state index contributed by atoms with van der Waals surface area (Å²) in [5.74, 6) is -1.78. The average Bonchev–Trinajstić information content (AvgIpc) is 2.92. The molecule has 0 aromatic carbocycles. The van der Waals surface area contributed by atoms with Crippen LogP contribution in [0.25, 0.3) is 0 Å². The fraction of sp³-hybridized carbons (Fsp3) is 0.455. The Kier molecular flexibility index (Phi) is 6.75. The third-order valence-corrected chi connectivity index (χ3v) is 5.29. The van der Waals surface area contributed by atoms with Gasteiger partial charge in [0.2, 0.25) is 15.9 Å². The zero-order valence-electron chi connectivity index (χ0n) is 11.0. The summed E-state index contributed by atoms with van der Waals surface area (Å²) < 4.78 is 25.9. The number of thiophene rings is 1. The molecule has 0 saturated carbocycles. The van der Waals surface area contributed by atoms with Crippen LogP contribution in [0.4, 0.5) is 0 Å². The number of aliphatic hydroxyl groups is 1. The van der Waals surface area contributed by atoms with Crippen LogP contribution < -0.4 is 10.0 Å². The molecule has 1 aromatic rings. The lowest BCUT2D eigenvalue weighted by atomic mass is 10.2. The Morgan fingerprint density at radius 1 is 1.33 bits per heavy atom. The van der Waals surface area contributed by atoms with Gasteiger partial charge in [-0.2, -0.15) is 0 Å². The Hall–Kier alpha value is -1.49. The summed E-state index contributed by atoms with van der Waals surface area (Å²) in [6, 6.07) is 3.07.